The number of rotatable bonds is 3. The van der Waals surface area contributed by atoms with Gasteiger partial charge in [0.15, 0.2) is 0 Å². The van der Waals surface area contributed by atoms with Gasteiger partial charge in [-0.2, -0.15) is 0 Å². The van der Waals surface area contributed by atoms with E-state index >= 15 is 0 Å². The summed E-state index contributed by atoms with van der Waals surface area (Å²) < 4.78 is 18.1. The fourth-order valence-corrected chi connectivity index (χ4v) is 1.65. The zero-order valence-electron chi connectivity index (χ0n) is 8.48. The van der Waals surface area contributed by atoms with Crippen LogP contribution in [0.5, 0.6) is 0 Å². The van der Waals surface area contributed by atoms with Crippen molar-refractivity contribution in [2.75, 3.05) is 18.5 Å². The third kappa shape index (κ3) is 2.27. The quantitative estimate of drug-likeness (QED) is 0.631. The molecule has 1 heterocycles. The number of nitro groups is 1. The second kappa shape index (κ2) is 4.44. The Hall–Kier alpha value is -1.69. The van der Waals surface area contributed by atoms with Gasteiger partial charge in [-0.1, -0.05) is 0 Å². The van der Waals surface area contributed by atoms with E-state index in [-0.39, 0.29) is 17.4 Å². The van der Waals surface area contributed by atoms with Crippen molar-refractivity contribution in [3.8, 4) is 0 Å². The van der Waals surface area contributed by atoms with Crippen LogP contribution in [-0.2, 0) is 4.74 Å². The lowest BCUT2D eigenvalue weighted by Crippen LogP contribution is -2.19. The lowest BCUT2D eigenvalue weighted by atomic mass is 10.2. The molecule has 1 aromatic rings. The summed E-state index contributed by atoms with van der Waals surface area (Å²) in [5.74, 6) is -0.494. The highest BCUT2D eigenvalue weighted by Crippen LogP contribution is 2.26. The number of benzene rings is 1. The van der Waals surface area contributed by atoms with Crippen LogP contribution in [0.4, 0.5) is 15.8 Å². The van der Waals surface area contributed by atoms with E-state index in [4.69, 9.17) is 4.74 Å². The number of nitrogens with zero attached hydrogens (tertiary/aromatic N) is 1. The molecule has 0 saturated carbocycles. The summed E-state index contributed by atoms with van der Waals surface area (Å²) in [5, 5.41) is 13.6. The van der Waals surface area contributed by atoms with E-state index in [0.29, 0.717) is 13.2 Å². The van der Waals surface area contributed by atoms with E-state index in [9.17, 15) is 14.5 Å². The summed E-state index contributed by atoms with van der Waals surface area (Å²) >= 11 is 0. The van der Waals surface area contributed by atoms with Gasteiger partial charge >= 0.3 is 0 Å². The first-order chi connectivity index (χ1) is 7.66. The maximum absolute atomic E-state index is 13.0. The molecule has 6 heteroatoms. The second-order valence-corrected chi connectivity index (χ2v) is 3.62. The van der Waals surface area contributed by atoms with Gasteiger partial charge in [-0.3, -0.25) is 10.1 Å². The van der Waals surface area contributed by atoms with Gasteiger partial charge in [0.25, 0.3) is 5.69 Å². The first-order valence-electron chi connectivity index (χ1n) is 4.95. The molecule has 86 valence electrons. The number of anilines is 1. The van der Waals surface area contributed by atoms with Crippen molar-refractivity contribution in [2.24, 2.45) is 0 Å². The van der Waals surface area contributed by atoms with Crippen molar-refractivity contribution in [1.82, 2.24) is 0 Å². The molecule has 0 amide bonds. The highest BCUT2D eigenvalue weighted by Gasteiger charge is 2.20. The molecule has 1 saturated heterocycles. The zero-order valence-corrected chi connectivity index (χ0v) is 8.48. The Morgan fingerprint density at radius 2 is 2.38 bits per heavy atom. The topological polar surface area (TPSA) is 64.4 Å². The van der Waals surface area contributed by atoms with Crippen LogP contribution in [0.15, 0.2) is 18.2 Å². The summed E-state index contributed by atoms with van der Waals surface area (Å²) in [5.41, 5.74) is 0.0915. The Morgan fingerprint density at radius 3 is 3.00 bits per heavy atom. The summed E-state index contributed by atoms with van der Waals surface area (Å²) in [6.07, 6.45) is 0.771. The second-order valence-electron chi connectivity index (χ2n) is 3.62. The summed E-state index contributed by atoms with van der Waals surface area (Å²) in [4.78, 5) is 10.2. The SMILES string of the molecule is O=[N+]([O-])c1ccc(F)cc1NC1CCOC1. The molecule has 0 spiro atoms. The van der Waals surface area contributed by atoms with E-state index in [1.165, 1.54) is 0 Å². The average Bonchev–Trinajstić information content (AvgIpc) is 2.70. The summed E-state index contributed by atoms with van der Waals surface area (Å²) in [7, 11) is 0. The van der Waals surface area contributed by atoms with Crippen LogP contribution in [0.1, 0.15) is 6.42 Å². The minimum atomic E-state index is -0.530. The normalized spacial score (nSPS) is 19.7. The standard InChI is InChI=1S/C10H11FN2O3/c11-7-1-2-10(13(14)15)9(5-7)12-8-3-4-16-6-8/h1-2,5,8,12H,3-4,6H2. The molecule has 1 unspecified atom stereocenters. The van der Waals surface area contributed by atoms with Crippen molar-refractivity contribution in [3.05, 3.63) is 34.1 Å². The van der Waals surface area contributed by atoms with Crippen LogP contribution in [0.3, 0.4) is 0 Å². The molecular weight excluding hydrogens is 215 g/mol. The third-order valence-electron chi connectivity index (χ3n) is 2.44. The van der Waals surface area contributed by atoms with Crippen LogP contribution < -0.4 is 5.32 Å². The number of ether oxygens (including phenoxy) is 1. The fourth-order valence-electron chi connectivity index (χ4n) is 1.65. The minimum absolute atomic E-state index is 0.0144. The van der Waals surface area contributed by atoms with Crippen molar-refractivity contribution >= 4 is 11.4 Å². The van der Waals surface area contributed by atoms with Gasteiger partial charge in [-0.15, -0.1) is 0 Å². The van der Waals surface area contributed by atoms with Gasteiger partial charge in [0, 0.05) is 18.7 Å². The summed E-state index contributed by atoms with van der Waals surface area (Å²) in [6, 6.07) is 3.39. The molecule has 0 bridgehead atoms. The zero-order chi connectivity index (χ0) is 11.5. The first-order valence-corrected chi connectivity index (χ1v) is 4.95. The first kappa shape index (κ1) is 10.8. The van der Waals surface area contributed by atoms with Crippen LogP contribution in [0, 0.1) is 15.9 Å². The van der Waals surface area contributed by atoms with Crippen molar-refractivity contribution < 1.29 is 14.1 Å². The number of nitro benzene ring substituents is 1. The Morgan fingerprint density at radius 1 is 1.56 bits per heavy atom. The molecule has 1 atom stereocenters. The van der Waals surface area contributed by atoms with Gasteiger partial charge in [0.1, 0.15) is 11.5 Å². The molecule has 1 fully saturated rings. The van der Waals surface area contributed by atoms with Gasteiger partial charge < -0.3 is 10.1 Å². The predicted octanol–water partition coefficient (Wildman–Crippen LogP) is 1.93. The highest BCUT2D eigenvalue weighted by atomic mass is 19.1. The molecule has 0 radical (unpaired) electrons. The third-order valence-corrected chi connectivity index (χ3v) is 2.44. The highest BCUT2D eigenvalue weighted by molar-refractivity contribution is 5.61. The Labute approximate surface area is 91.4 Å². The predicted molar refractivity (Wildman–Crippen MR) is 55.9 cm³/mol. The van der Waals surface area contributed by atoms with E-state index in [1.807, 2.05) is 0 Å². The molecule has 1 aromatic carbocycles. The van der Waals surface area contributed by atoms with Crippen LogP contribution in [0.2, 0.25) is 0 Å². The Bertz CT molecular complexity index is 405. The van der Waals surface area contributed by atoms with Gasteiger partial charge in [0.2, 0.25) is 0 Å². The van der Waals surface area contributed by atoms with E-state index < -0.39 is 10.7 Å². The molecule has 1 aliphatic heterocycles. The van der Waals surface area contributed by atoms with Crippen LogP contribution in [-0.4, -0.2) is 24.2 Å². The molecule has 5 nitrogen and oxygen atoms in total. The number of nitrogens with one attached hydrogen (secondary N) is 1. The molecular formula is C10H11FN2O3. The van der Waals surface area contributed by atoms with Crippen molar-refractivity contribution in [1.29, 1.82) is 0 Å². The van der Waals surface area contributed by atoms with Gasteiger partial charge in [0.05, 0.1) is 17.6 Å². The minimum Gasteiger partial charge on any atom is -0.379 e. The fraction of sp³-hybridized carbons (Fsp3) is 0.400. The monoisotopic (exact) mass is 226 g/mol. The molecule has 0 aliphatic carbocycles. The van der Waals surface area contributed by atoms with Crippen LogP contribution in [0.25, 0.3) is 0 Å². The molecule has 0 aromatic heterocycles. The summed E-state index contributed by atoms with van der Waals surface area (Å²) in [6.45, 7) is 1.12. The Kier molecular flexibility index (Phi) is 3.00. The van der Waals surface area contributed by atoms with Gasteiger partial charge in [-0.25, -0.2) is 4.39 Å². The van der Waals surface area contributed by atoms with E-state index in [2.05, 4.69) is 5.32 Å². The largest absolute Gasteiger partial charge is 0.379 e. The number of hydrogen-bond acceptors (Lipinski definition) is 4. The van der Waals surface area contributed by atoms with Crippen molar-refractivity contribution in [3.63, 3.8) is 0 Å². The molecule has 16 heavy (non-hydrogen) atoms. The molecule has 2 rings (SSSR count). The lowest BCUT2D eigenvalue weighted by molar-refractivity contribution is -0.384. The van der Waals surface area contributed by atoms with Gasteiger partial charge in [-0.05, 0) is 12.5 Å². The maximum atomic E-state index is 13.0. The number of hydrogen-bond donors (Lipinski definition) is 1. The lowest BCUT2D eigenvalue weighted by Gasteiger charge is -2.12. The smallest absolute Gasteiger partial charge is 0.292 e. The molecule has 1 N–H and O–H groups in total. The average molecular weight is 226 g/mol. The van der Waals surface area contributed by atoms with E-state index in [1.54, 1.807) is 0 Å². The number of halogens is 1. The van der Waals surface area contributed by atoms with Crippen molar-refractivity contribution in [2.45, 2.75) is 12.5 Å². The molecule has 1 aliphatic rings. The van der Waals surface area contributed by atoms with Crippen LogP contribution >= 0.6 is 0 Å². The maximum Gasteiger partial charge on any atom is 0.292 e. The van der Waals surface area contributed by atoms with E-state index in [0.717, 1.165) is 24.6 Å². The Balaban J connectivity index is 2.22.